The lowest BCUT2D eigenvalue weighted by Gasteiger charge is -2.36. The minimum Gasteiger partial charge on any atom is -0.393 e. The van der Waals surface area contributed by atoms with Crippen LogP contribution in [0, 0.1) is 0 Å². The summed E-state index contributed by atoms with van der Waals surface area (Å²) in [6, 6.07) is 8.07. The first-order valence-corrected chi connectivity index (χ1v) is 7.99. The molecule has 0 aliphatic heterocycles. The third-order valence-electron chi connectivity index (χ3n) is 4.44. The van der Waals surface area contributed by atoms with Gasteiger partial charge in [-0.1, -0.05) is 0 Å². The van der Waals surface area contributed by atoms with Crippen molar-refractivity contribution >= 4 is 17.0 Å². The van der Waals surface area contributed by atoms with Crippen LogP contribution in [0.15, 0.2) is 49.1 Å². The number of hydrogen-bond donors (Lipinski definition) is 1. The van der Waals surface area contributed by atoms with Gasteiger partial charge in [-0.2, -0.15) is 0 Å². The molecule has 4 rings (SSSR count). The number of pyridine rings is 1. The van der Waals surface area contributed by atoms with Crippen molar-refractivity contribution < 1.29 is 5.11 Å². The van der Waals surface area contributed by atoms with E-state index in [4.69, 9.17) is 0 Å². The third-order valence-corrected chi connectivity index (χ3v) is 4.44. The van der Waals surface area contributed by atoms with Crippen LogP contribution in [0.3, 0.4) is 0 Å². The van der Waals surface area contributed by atoms with E-state index in [1.54, 1.807) is 18.6 Å². The standard InChI is InChI=1S/C17H19N5O/c23-14-6-4-13(5-7-14)22(17-19-10-2-11-20-17)21-12-8-15-16(21)3-1-9-18-15/h1-3,8-14,23H,4-7H2. The summed E-state index contributed by atoms with van der Waals surface area (Å²) in [6.45, 7) is 0. The normalized spacial score (nSPS) is 21.4. The molecule has 1 saturated carbocycles. The highest BCUT2D eigenvalue weighted by molar-refractivity contribution is 5.76. The van der Waals surface area contributed by atoms with Gasteiger partial charge < -0.3 is 5.11 Å². The molecule has 1 aliphatic rings. The van der Waals surface area contributed by atoms with Gasteiger partial charge in [0.1, 0.15) is 0 Å². The Morgan fingerprint density at radius 2 is 1.70 bits per heavy atom. The highest BCUT2D eigenvalue weighted by Crippen LogP contribution is 2.28. The Bertz CT molecular complexity index is 780. The highest BCUT2D eigenvalue weighted by Gasteiger charge is 2.28. The number of aliphatic hydroxyl groups excluding tert-OH is 1. The van der Waals surface area contributed by atoms with E-state index in [0.717, 1.165) is 36.7 Å². The molecule has 23 heavy (non-hydrogen) atoms. The van der Waals surface area contributed by atoms with Gasteiger partial charge in [-0.25, -0.2) is 15.0 Å². The van der Waals surface area contributed by atoms with Gasteiger partial charge >= 0.3 is 0 Å². The van der Waals surface area contributed by atoms with E-state index < -0.39 is 0 Å². The predicted octanol–water partition coefficient (Wildman–Crippen LogP) is 2.40. The molecule has 1 fully saturated rings. The quantitative estimate of drug-likeness (QED) is 0.804. The fraction of sp³-hybridized carbons (Fsp3) is 0.353. The van der Waals surface area contributed by atoms with Crippen LogP contribution < -0.4 is 5.01 Å². The number of aliphatic hydroxyl groups is 1. The molecule has 1 N–H and O–H groups in total. The van der Waals surface area contributed by atoms with Gasteiger partial charge in [0.2, 0.25) is 5.95 Å². The number of anilines is 1. The second-order valence-corrected chi connectivity index (χ2v) is 5.92. The van der Waals surface area contributed by atoms with Gasteiger partial charge in [-0.05, 0) is 49.9 Å². The number of nitrogens with zero attached hydrogens (tertiary/aromatic N) is 5. The largest absolute Gasteiger partial charge is 0.393 e. The highest BCUT2D eigenvalue weighted by atomic mass is 16.3. The van der Waals surface area contributed by atoms with Crippen LogP contribution in [-0.2, 0) is 0 Å². The molecule has 0 amide bonds. The molecule has 118 valence electrons. The summed E-state index contributed by atoms with van der Waals surface area (Å²) in [6.07, 6.45) is 10.6. The fourth-order valence-corrected chi connectivity index (χ4v) is 3.29. The van der Waals surface area contributed by atoms with Crippen LogP contribution in [0.1, 0.15) is 25.7 Å². The van der Waals surface area contributed by atoms with Crippen LogP contribution in [-0.4, -0.2) is 36.9 Å². The van der Waals surface area contributed by atoms with Crippen molar-refractivity contribution in [2.24, 2.45) is 0 Å². The zero-order valence-corrected chi connectivity index (χ0v) is 12.8. The maximum Gasteiger partial charge on any atom is 0.245 e. The summed E-state index contributed by atoms with van der Waals surface area (Å²) in [5, 5.41) is 11.9. The lowest BCUT2D eigenvalue weighted by atomic mass is 9.93. The Hall–Kier alpha value is -2.47. The molecule has 0 unspecified atom stereocenters. The van der Waals surface area contributed by atoms with Crippen LogP contribution in [0.4, 0.5) is 5.95 Å². The first-order chi connectivity index (χ1) is 11.3. The summed E-state index contributed by atoms with van der Waals surface area (Å²) < 4.78 is 2.08. The fourth-order valence-electron chi connectivity index (χ4n) is 3.29. The van der Waals surface area contributed by atoms with E-state index >= 15 is 0 Å². The second kappa shape index (κ2) is 5.96. The number of aromatic nitrogens is 4. The zero-order valence-electron chi connectivity index (χ0n) is 12.8. The van der Waals surface area contributed by atoms with E-state index in [1.165, 1.54) is 0 Å². The van der Waals surface area contributed by atoms with Gasteiger partial charge in [0.05, 0.1) is 23.2 Å². The van der Waals surface area contributed by atoms with Crippen molar-refractivity contribution in [1.29, 1.82) is 0 Å². The van der Waals surface area contributed by atoms with Crippen LogP contribution in [0.2, 0.25) is 0 Å². The van der Waals surface area contributed by atoms with E-state index in [2.05, 4.69) is 30.7 Å². The molecule has 3 aromatic heterocycles. The lowest BCUT2D eigenvalue weighted by Crippen LogP contribution is -2.43. The molecule has 0 radical (unpaired) electrons. The SMILES string of the molecule is OC1CCC(N(c2ncccn2)n2ccc3ncccc32)CC1. The van der Waals surface area contributed by atoms with Gasteiger partial charge in [-0.3, -0.25) is 9.66 Å². The number of rotatable bonds is 3. The molecular formula is C17H19N5O. The van der Waals surface area contributed by atoms with Crippen LogP contribution >= 0.6 is 0 Å². The Morgan fingerprint density at radius 3 is 2.48 bits per heavy atom. The van der Waals surface area contributed by atoms with E-state index in [1.807, 2.05) is 24.4 Å². The van der Waals surface area contributed by atoms with Gasteiger partial charge in [0.25, 0.3) is 0 Å². The molecule has 6 heteroatoms. The van der Waals surface area contributed by atoms with Crippen molar-refractivity contribution in [3.8, 4) is 0 Å². The number of hydrogen-bond acceptors (Lipinski definition) is 5. The van der Waals surface area contributed by atoms with Crippen molar-refractivity contribution in [3.63, 3.8) is 0 Å². The van der Waals surface area contributed by atoms with Gasteiger partial charge in [-0.15, -0.1) is 0 Å². The van der Waals surface area contributed by atoms with E-state index in [-0.39, 0.29) is 12.1 Å². The first-order valence-electron chi connectivity index (χ1n) is 7.99. The minimum atomic E-state index is -0.187. The molecule has 0 aromatic carbocycles. The molecule has 0 atom stereocenters. The van der Waals surface area contributed by atoms with Crippen LogP contribution in [0.25, 0.3) is 11.0 Å². The van der Waals surface area contributed by atoms with Crippen LogP contribution in [0.5, 0.6) is 0 Å². The molecule has 0 spiro atoms. The zero-order chi connectivity index (χ0) is 15.6. The molecule has 1 aliphatic carbocycles. The minimum absolute atomic E-state index is 0.187. The van der Waals surface area contributed by atoms with Gasteiger partial charge in [0.15, 0.2) is 0 Å². The summed E-state index contributed by atoms with van der Waals surface area (Å²) in [7, 11) is 0. The molecule has 6 nitrogen and oxygen atoms in total. The molecule has 3 aromatic rings. The summed E-state index contributed by atoms with van der Waals surface area (Å²) in [4.78, 5) is 13.3. The molecule has 0 saturated heterocycles. The van der Waals surface area contributed by atoms with E-state index in [9.17, 15) is 5.11 Å². The molecule has 3 heterocycles. The first kappa shape index (κ1) is 14.1. The average molecular weight is 309 g/mol. The average Bonchev–Trinajstić information content (AvgIpc) is 3.02. The topological polar surface area (TPSA) is 67.1 Å². The Balaban J connectivity index is 1.79. The summed E-state index contributed by atoms with van der Waals surface area (Å²) >= 11 is 0. The lowest BCUT2D eigenvalue weighted by molar-refractivity contribution is 0.120. The smallest absolute Gasteiger partial charge is 0.245 e. The van der Waals surface area contributed by atoms with Gasteiger partial charge in [0, 0.05) is 24.8 Å². The van der Waals surface area contributed by atoms with Crippen molar-refractivity contribution in [3.05, 3.63) is 49.1 Å². The molecule has 0 bridgehead atoms. The number of fused-ring (bicyclic) bond motifs is 1. The Morgan fingerprint density at radius 1 is 0.957 bits per heavy atom. The third kappa shape index (κ3) is 2.66. The second-order valence-electron chi connectivity index (χ2n) is 5.92. The summed E-state index contributed by atoms with van der Waals surface area (Å²) in [5.74, 6) is 0.676. The Kier molecular flexibility index (Phi) is 3.67. The Labute approximate surface area is 134 Å². The van der Waals surface area contributed by atoms with Crippen molar-refractivity contribution in [1.82, 2.24) is 19.6 Å². The maximum atomic E-state index is 9.82. The predicted molar refractivity (Wildman–Crippen MR) is 87.9 cm³/mol. The van der Waals surface area contributed by atoms with E-state index in [0.29, 0.717) is 5.95 Å². The van der Waals surface area contributed by atoms with Crippen molar-refractivity contribution in [2.75, 3.05) is 5.01 Å². The maximum absolute atomic E-state index is 9.82. The molecular weight excluding hydrogens is 290 g/mol. The summed E-state index contributed by atoms with van der Waals surface area (Å²) in [5.41, 5.74) is 1.98. The monoisotopic (exact) mass is 309 g/mol. The van der Waals surface area contributed by atoms with Crippen molar-refractivity contribution in [2.45, 2.75) is 37.8 Å².